The second-order valence-electron chi connectivity index (χ2n) is 7.01. The van der Waals surface area contributed by atoms with Crippen LogP contribution in [0.5, 0.6) is 0 Å². The van der Waals surface area contributed by atoms with E-state index >= 15 is 0 Å². The molecule has 0 radical (unpaired) electrons. The summed E-state index contributed by atoms with van der Waals surface area (Å²) in [7, 11) is 0. The molecular formula is C18H23N3O4S. The zero-order valence-electron chi connectivity index (χ0n) is 14.9. The lowest BCUT2D eigenvalue weighted by Gasteiger charge is -2.26. The molecule has 26 heavy (non-hydrogen) atoms. The Balaban J connectivity index is 1.65. The van der Waals surface area contributed by atoms with Crippen molar-refractivity contribution in [1.29, 1.82) is 0 Å². The fraction of sp³-hybridized carbons (Fsp3) is 0.500. The molecule has 2 aliphatic heterocycles. The van der Waals surface area contributed by atoms with Gasteiger partial charge < -0.3 is 20.6 Å². The molecular weight excluding hydrogens is 354 g/mol. The van der Waals surface area contributed by atoms with E-state index in [0.717, 1.165) is 23.2 Å². The molecule has 1 atom stereocenters. The standard InChI is InChI=1S/C18H23N3O4S/c1-18(25,10-26-2)9-19-16(23)17(24)20-13-7-11-3-4-14(22)21-6-5-12(8-13)15(11)21/h7-8,25H,3-6,9-10H2,1-2H3,(H,19,23)(H,20,24). The van der Waals surface area contributed by atoms with Crippen LogP contribution in [0.15, 0.2) is 12.1 Å². The summed E-state index contributed by atoms with van der Waals surface area (Å²) in [5.41, 5.74) is 2.51. The Hall–Kier alpha value is -2.06. The van der Waals surface area contributed by atoms with Gasteiger partial charge in [-0.05, 0) is 49.3 Å². The predicted octanol–water partition coefficient (Wildman–Crippen LogP) is 0.691. The first kappa shape index (κ1) is 18.7. The molecule has 0 spiro atoms. The van der Waals surface area contributed by atoms with E-state index in [1.165, 1.54) is 11.8 Å². The van der Waals surface area contributed by atoms with Gasteiger partial charge in [0.05, 0.1) is 11.3 Å². The van der Waals surface area contributed by atoms with E-state index in [4.69, 9.17) is 0 Å². The monoisotopic (exact) mass is 377 g/mol. The van der Waals surface area contributed by atoms with Crippen molar-refractivity contribution in [2.24, 2.45) is 0 Å². The molecule has 0 saturated heterocycles. The van der Waals surface area contributed by atoms with E-state index in [-0.39, 0.29) is 12.5 Å². The maximum atomic E-state index is 12.1. The van der Waals surface area contributed by atoms with Crippen LogP contribution in [0.25, 0.3) is 0 Å². The van der Waals surface area contributed by atoms with E-state index in [1.54, 1.807) is 11.8 Å². The molecule has 1 aromatic carbocycles. The molecule has 0 bridgehead atoms. The van der Waals surface area contributed by atoms with Gasteiger partial charge in [0.2, 0.25) is 5.91 Å². The molecule has 0 aliphatic carbocycles. The highest BCUT2D eigenvalue weighted by Gasteiger charge is 2.31. The first-order valence-electron chi connectivity index (χ1n) is 8.57. The van der Waals surface area contributed by atoms with Gasteiger partial charge in [-0.25, -0.2) is 0 Å². The number of thioether (sulfide) groups is 1. The molecule has 0 saturated carbocycles. The lowest BCUT2D eigenvalue weighted by Crippen LogP contribution is -2.45. The van der Waals surface area contributed by atoms with Gasteiger partial charge >= 0.3 is 11.8 Å². The second kappa shape index (κ2) is 7.28. The van der Waals surface area contributed by atoms with E-state index in [0.29, 0.717) is 30.8 Å². The Labute approximate surface area is 156 Å². The fourth-order valence-electron chi connectivity index (χ4n) is 3.43. The summed E-state index contributed by atoms with van der Waals surface area (Å²) >= 11 is 1.46. The van der Waals surface area contributed by atoms with Gasteiger partial charge in [-0.2, -0.15) is 11.8 Å². The molecule has 1 aromatic rings. The minimum Gasteiger partial charge on any atom is -0.387 e. The average Bonchev–Trinajstić information content (AvgIpc) is 3.01. The third kappa shape index (κ3) is 3.86. The van der Waals surface area contributed by atoms with E-state index in [1.807, 2.05) is 18.4 Å². The Kier molecular flexibility index (Phi) is 5.24. The lowest BCUT2D eigenvalue weighted by molar-refractivity contribution is -0.136. The number of rotatable bonds is 5. The predicted molar refractivity (Wildman–Crippen MR) is 101 cm³/mol. The van der Waals surface area contributed by atoms with Crippen molar-refractivity contribution < 1.29 is 19.5 Å². The summed E-state index contributed by atoms with van der Waals surface area (Å²) < 4.78 is 0. The number of nitrogens with zero attached hydrogens (tertiary/aromatic N) is 1. The maximum absolute atomic E-state index is 12.1. The largest absolute Gasteiger partial charge is 0.387 e. The highest BCUT2D eigenvalue weighted by Crippen LogP contribution is 2.38. The number of carbonyl (C=O) groups excluding carboxylic acids is 3. The topological polar surface area (TPSA) is 98.7 Å². The van der Waals surface area contributed by atoms with Crippen molar-refractivity contribution in [1.82, 2.24) is 5.32 Å². The number of benzene rings is 1. The lowest BCUT2D eigenvalue weighted by atomic mass is 9.98. The summed E-state index contributed by atoms with van der Waals surface area (Å²) in [6.45, 7) is 2.29. The quantitative estimate of drug-likeness (QED) is 0.656. The highest BCUT2D eigenvalue weighted by atomic mass is 32.2. The highest BCUT2D eigenvalue weighted by molar-refractivity contribution is 7.98. The summed E-state index contributed by atoms with van der Waals surface area (Å²) in [5.74, 6) is -0.945. The minimum atomic E-state index is -1.07. The Bertz CT molecular complexity index is 763. The van der Waals surface area contributed by atoms with Crippen LogP contribution >= 0.6 is 11.8 Å². The van der Waals surface area contributed by atoms with Crippen LogP contribution in [0, 0.1) is 0 Å². The Morgan fingerprint density at radius 2 is 1.92 bits per heavy atom. The number of hydrogen-bond donors (Lipinski definition) is 3. The van der Waals surface area contributed by atoms with Gasteiger partial charge in [0.15, 0.2) is 0 Å². The van der Waals surface area contributed by atoms with Crippen molar-refractivity contribution in [3.05, 3.63) is 23.3 Å². The van der Waals surface area contributed by atoms with Crippen LogP contribution in [0.3, 0.4) is 0 Å². The third-order valence-corrected chi connectivity index (χ3v) is 5.51. The van der Waals surface area contributed by atoms with Crippen molar-refractivity contribution in [2.45, 2.75) is 31.8 Å². The van der Waals surface area contributed by atoms with Crippen LogP contribution in [0.2, 0.25) is 0 Å². The fourth-order valence-corrected chi connectivity index (χ4v) is 4.15. The van der Waals surface area contributed by atoms with Crippen LogP contribution in [0.1, 0.15) is 24.5 Å². The minimum absolute atomic E-state index is 0.00655. The number of anilines is 2. The first-order valence-corrected chi connectivity index (χ1v) is 9.97. The number of nitrogens with one attached hydrogen (secondary N) is 2. The third-order valence-electron chi connectivity index (χ3n) is 4.60. The summed E-state index contributed by atoms with van der Waals surface area (Å²) in [5, 5.41) is 15.2. The molecule has 0 aromatic heterocycles. The summed E-state index contributed by atoms with van der Waals surface area (Å²) in [6, 6.07) is 3.66. The Morgan fingerprint density at radius 1 is 1.23 bits per heavy atom. The van der Waals surface area contributed by atoms with Crippen molar-refractivity contribution >= 4 is 40.9 Å². The van der Waals surface area contributed by atoms with Crippen molar-refractivity contribution in [2.75, 3.05) is 35.3 Å². The number of amides is 3. The number of aryl methyl sites for hydroxylation is 1. The van der Waals surface area contributed by atoms with Crippen LogP contribution < -0.4 is 15.5 Å². The molecule has 8 heteroatoms. The smallest absolute Gasteiger partial charge is 0.313 e. The molecule has 3 rings (SSSR count). The van der Waals surface area contributed by atoms with Gasteiger partial charge in [0.1, 0.15) is 0 Å². The number of aliphatic hydroxyl groups is 1. The zero-order chi connectivity index (χ0) is 18.9. The molecule has 3 N–H and O–H groups in total. The van der Waals surface area contributed by atoms with Gasteiger partial charge in [0, 0.05) is 31.0 Å². The molecule has 1 unspecified atom stereocenters. The van der Waals surface area contributed by atoms with Gasteiger partial charge in [0.25, 0.3) is 0 Å². The molecule has 140 valence electrons. The Morgan fingerprint density at radius 3 is 2.62 bits per heavy atom. The molecule has 2 aliphatic rings. The SMILES string of the molecule is CSCC(C)(O)CNC(=O)C(=O)Nc1cc2c3c(c1)CCN3C(=O)CC2. The van der Waals surface area contributed by atoms with Crippen LogP contribution in [-0.4, -0.2) is 53.5 Å². The van der Waals surface area contributed by atoms with Gasteiger partial charge in [-0.15, -0.1) is 0 Å². The summed E-state index contributed by atoms with van der Waals surface area (Å²) in [4.78, 5) is 37.9. The van der Waals surface area contributed by atoms with Crippen molar-refractivity contribution in [3.8, 4) is 0 Å². The van der Waals surface area contributed by atoms with E-state index in [2.05, 4.69) is 10.6 Å². The molecule has 3 amide bonds. The summed E-state index contributed by atoms with van der Waals surface area (Å²) in [6.07, 6.45) is 3.72. The number of hydrogen-bond acceptors (Lipinski definition) is 5. The molecule has 2 heterocycles. The van der Waals surface area contributed by atoms with Gasteiger partial charge in [-0.1, -0.05) is 0 Å². The first-order chi connectivity index (χ1) is 12.3. The van der Waals surface area contributed by atoms with E-state index in [9.17, 15) is 19.5 Å². The zero-order valence-corrected chi connectivity index (χ0v) is 15.7. The van der Waals surface area contributed by atoms with Crippen molar-refractivity contribution in [3.63, 3.8) is 0 Å². The van der Waals surface area contributed by atoms with Crippen LogP contribution in [-0.2, 0) is 27.2 Å². The molecule has 0 fully saturated rings. The van der Waals surface area contributed by atoms with Crippen LogP contribution in [0.4, 0.5) is 11.4 Å². The average molecular weight is 377 g/mol. The molecule has 7 nitrogen and oxygen atoms in total. The maximum Gasteiger partial charge on any atom is 0.313 e. The van der Waals surface area contributed by atoms with E-state index < -0.39 is 17.4 Å². The normalized spacial score (nSPS) is 17.5. The van der Waals surface area contributed by atoms with Gasteiger partial charge in [-0.3, -0.25) is 14.4 Å². The second-order valence-corrected chi connectivity index (χ2v) is 7.87. The number of carbonyl (C=O) groups is 3.